The number of benzene rings is 3. The van der Waals surface area contributed by atoms with E-state index in [2.05, 4.69) is 10.0 Å². The molecule has 0 atom stereocenters. The number of carbonyl (C=O) groups is 1. The second-order valence-electron chi connectivity index (χ2n) is 10.1. The number of sulfonamides is 2. The van der Waals surface area contributed by atoms with Crippen LogP contribution in [0.4, 0.5) is 17.1 Å². The molecule has 0 aromatic heterocycles. The molecule has 0 aliphatic carbocycles. The predicted octanol–water partition coefficient (Wildman–Crippen LogP) is 3.76. The molecule has 2 heterocycles. The summed E-state index contributed by atoms with van der Waals surface area (Å²) in [7, 11) is -6.19. The Morgan fingerprint density at radius 1 is 0.810 bits per heavy atom. The molecule has 0 spiro atoms. The first kappa shape index (κ1) is 29.8. The van der Waals surface area contributed by atoms with Crippen molar-refractivity contribution in [2.75, 3.05) is 61.4 Å². The third-order valence-electron chi connectivity index (χ3n) is 7.27. The number of nitrogens with zero attached hydrogens (tertiary/aromatic N) is 2. The van der Waals surface area contributed by atoms with Crippen molar-refractivity contribution in [3.8, 4) is 5.75 Å². The number of nitrogens with one attached hydrogen (secondary N) is 2. The quantitative estimate of drug-likeness (QED) is 0.372. The van der Waals surface area contributed by atoms with Gasteiger partial charge in [0.05, 0.1) is 30.9 Å². The molecule has 5 rings (SSSR count). The first-order valence-corrected chi connectivity index (χ1v) is 16.6. The molecule has 2 saturated heterocycles. The lowest BCUT2D eigenvalue weighted by Gasteiger charge is -2.30. The van der Waals surface area contributed by atoms with Gasteiger partial charge in [-0.25, -0.2) is 16.8 Å². The van der Waals surface area contributed by atoms with Crippen molar-refractivity contribution in [2.45, 2.75) is 29.1 Å². The van der Waals surface area contributed by atoms with Gasteiger partial charge in [0.1, 0.15) is 10.6 Å². The van der Waals surface area contributed by atoms with Crippen molar-refractivity contribution in [3.63, 3.8) is 0 Å². The molecule has 2 fully saturated rings. The van der Waals surface area contributed by atoms with E-state index in [0.29, 0.717) is 36.0 Å². The summed E-state index contributed by atoms with van der Waals surface area (Å²) < 4.78 is 67.5. The van der Waals surface area contributed by atoms with E-state index in [-0.39, 0.29) is 28.4 Å². The summed E-state index contributed by atoms with van der Waals surface area (Å²) in [5.74, 6) is 0.103. The highest BCUT2D eigenvalue weighted by molar-refractivity contribution is 7.93. The zero-order valence-corrected chi connectivity index (χ0v) is 24.9. The highest BCUT2D eigenvalue weighted by atomic mass is 32.2. The molecular formula is C29H34N4O7S2. The van der Waals surface area contributed by atoms with Crippen LogP contribution in [0.15, 0.2) is 76.5 Å². The number of piperidine rings is 1. The lowest BCUT2D eigenvalue weighted by atomic mass is 10.1. The van der Waals surface area contributed by atoms with E-state index < -0.39 is 26.0 Å². The van der Waals surface area contributed by atoms with E-state index >= 15 is 0 Å². The number of rotatable bonds is 9. The minimum atomic E-state index is -4.03. The lowest BCUT2D eigenvalue weighted by Crippen LogP contribution is -2.40. The molecular weight excluding hydrogens is 580 g/mol. The van der Waals surface area contributed by atoms with Gasteiger partial charge in [-0.3, -0.25) is 9.52 Å². The first-order chi connectivity index (χ1) is 20.2. The van der Waals surface area contributed by atoms with Crippen LogP contribution in [0.3, 0.4) is 0 Å². The molecule has 11 nitrogen and oxygen atoms in total. The van der Waals surface area contributed by atoms with E-state index in [4.69, 9.17) is 9.47 Å². The molecule has 2 aliphatic rings. The number of hydrogen-bond acceptors (Lipinski definition) is 8. The first-order valence-electron chi connectivity index (χ1n) is 13.7. The highest BCUT2D eigenvalue weighted by Gasteiger charge is 2.27. The van der Waals surface area contributed by atoms with Gasteiger partial charge in [-0.2, -0.15) is 4.31 Å². The summed E-state index contributed by atoms with van der Waals surface area (Å²) >= 11 is 0. The minimum absolute atomic E-state index is 0.0463. The van der Waals surface area contributed by atoms with Gasteiger partial charge >= 0.3 is 0 Å². The van der Waals surface area contributed by atoms with E-state index in [1.165, 1.54) is 41.7 Å². The standard InChI is InChI=1S/C29H34N4O7S2/c1-39-25-10-7-23(8-11-25)31-41(35,36)28-21-24(9-14-27(28)32-15-3-2-4-16-32)30-29(34)22-5-12-26(13-6-22)42(37,38)33-17-19-40-20-18-33/h5-14,21,31H,2-4,15-20H2,1H3,(H,30,34). The maximum Gasteiger partial charge on any atom is 0.264 e. The SMILES string of the molecule is COc1ccc(NS(=O)(=O)c2cc(NC(=O)c3ccc(S(=O)(=O)N4CCOCC4)cc3)ccc2N2CCCCC2)cc1. The average molecular weight is 615 g/mol. The summed E-state index contributed by atoms with van der Waals surface area (Å²) in [5.41, 5.74) is 1.46. The summed E-state index contributed by atoms with van der Waals surface area (Å²) in [4.78, 5) is 15.3. The smallest absolute Gasteiger partial charge is 0.264 e. The molecule has 13 heteroatoms. The maximum absolute atomic E-state index is 13.6. The van der Waals surface area contributed by atoms with Gasteiger partial charge in [0.2, 0.25) is 10.0 Å². The van der Waals surface area contributed by atoms with Gasteiger partial charge in [-0.05, 0) is 86.0 Å². The number of carbonyl (C=O) groups excluding carboxylic acids is 1. The van der Waals surface area contributed by atoms with Gasteiger partial charge in [0, 0.05) is 43.1 Å². The number of amides is 1. The van der Waals surface area contributed by atoms with Crippen LogP contribution in [0.5, 0.6) is 5.75 Å². The van der Waals surface area contributed by atoms with Crippen LogP contribution < -0.4 is 19.7 Å². The molecule has 0 radical (unpaired) electrons. The molecule has 3 aromatic carbocycles. The van der Waals surface area contributed by atoms with Crippen molar-refractivity contribution >= 4 is 43.0 Å². The third-order valence-corrected chi connectivity index (χ3v) is 10.6. The van der Waals surface area contributed by atoms with Gasteiger partial charge < -0.3 is 19.7 Å². The molecule has 1 amide bonds. The van der Waals surface area contributed by atoms with Crippen LogP contribution in [0.2, 0.25) is 0 Å². The molecule has 3 aromatic rings. The normalized spacial score (nSPS) is 16.5. The van der Waals surface area contributed by atoms with Gasteiger partial charge in [-0.15, -0.1) is 0 Å². The molecule has 2 aliphatic heterocycles. The number of methoxy groups -OCH3 is 1. The van der Waals surface area contributed by atoms with Crippen molar-refractivity contribution in [1.82, 2.24) is 4.31 Å². The van der Waals surface area contributed by atoms with Gasteiger partial charge in [0.15, 0.2) is 0 Å². The fraction of sp³-hybridized carbons (Fsp3) is 0.345. The van der Waals surface area contributed by atoms with Crippen LogP contribution in [0.1, 0.15) is 29.6 Å². The van der Waals surface area contributed by atoms with Crippen LogP contribution in [-0.4, -0.2) is 73.6 Å². The Hall–Kier alpha value is -3.65. The van der Waals surface area contributed by atoms with Crippen LogP contribution in [0, 0.1) is 0 Å². The molecule has 0 unspecified atom stereocenters. The lowest BCUT2D eigenvalue weighted by molar-refractivity contribution is 0.0730. The van der Waals surface area contributed by atoms with E-state index in [9.17, 15) is 21.6 Å². The Morgan fingerprint density at radius 2 is 1.45 bits per heavy atom. The Balaban J connectivity index is 1.38. The molecule has 0 bridgehead atoms. The predicted molar refractivity (Wildman–Crippen MR) is 160 cm³/mol. The van der Waals surface area contributed by atoms with E-state index in [1.54, 1.807) is 36.4 Å². The van der Waals surface area contributed by atoms with Crippen molar-refractivity contribution in [2.24, 2.45) is 0 Å². The van der Waals surface area contributed by atoms with Gasteiger partial charge in [-0.1, -0.05) is 0 Å². The zero-order chi connectivity index (χ0) is 29.7. The van der Waals surface area contributed by atoms with Crippen LogP contribution in [-0.2, 0) is 24.8 Å². The van der Waals surface area contributed by atoms with Crippen molar-refractivity contribution in [3.05, 3.63) is 72.3 Å². The Morgan fingerprint density at radius 3 is 2.10 bits per heavy atom. The molecule has 224 valence electrons. The monoisotopic (exact) mass is 614 g/mol. The number of morpholine rings is 1. The van der Waals surface area contributed by atoms with Crippen LogP contribution >= 0.6 is 0 Å². The largest absolute Gasteiger partial charge is 0.497 e. The molecule has 2 N–H and O–H groups in total. The van der Waals surface area contributed by atoms with Crippen LogP contribution in [0.25, 0.3) is 0 Å². The Bertz CT molecular complexity index is 1620. The summed E-state index contributed by atoms with van der Waals surface area (Å²) in [6.07, 6.45) is 3.01. The summed E-state index contributed by atoms with van der Waals surface area (Å²) in [6, 6.07) is 17.1. The molecule has 42 heavy (non-hydrogen) atoms. The third kappa shape index (κ3) is 6.70. The number of ether oxygens (including phenoxy) is 2. The fourth-order valence-corrected chi connectivity index (χ4v) is 7.71. The maximum atomic E-state index is 13.6. The van der Waals surface area contributed by atoms with Crippen molar-refractivity contribution in [1.29, 1.82) is 0 Å². The minimum Gasteiger partial charge on any atom is -0.497 e. The fourth-order valence-electron chi connectivity index (χ4n) is 4.99. The second kappa shape index (κ2) is 12.7. The average Bonchev–Trinajstić information content (AvgIpc) is 3.02. The number of hydrogen-bond donors (Lipinski definition) is 2. The Labute approximate surface area is 246 Å². The number of anilines is 3. The summed E-state index contributed by atoms with van der Waals surface area (Å²) in [6.45, 7) is 2.69. The molecule has 0 saturated carbocycles. The Kier molecular flexibility index (Phi) is 9.02. The highest BCUT2D eigenvalue weighted by Crippen LogP contribution is 2.32. The van der Waals surface area contributed by atoms with E-state index in [1.807, 2.05) is 4.90 Å². The topological polar surface area (TPSA) is 134 Å². The summed E-state index contributed by atoms with van der Waals surface area (Å²) in [5, 5.41) is 2.76. The van der Waals surface area contributed by atoms with Gasteiger partial charge in [0.25, 0.3) is 15.9 Å². The van der Waals surface area contributed by atoms with E-state index in [0.717, 1.165) is 32.4 Å². The second-order valence-corrected chi connectivity index (χ2v) is 13.6. The zero-order valence-electron chi connectivity index (χ0n) is 23.3. The van der Waals surface area contributed by atoms with Crippen molar-refractivity contribution < 1.29 is 31.1 Å².